The Hall–Kier alpha value is -2.86. The van der Waals surface area contributed by atoms with E-state index in [1.807, 2.05) is 48.5 Å². The predicted octanol–water partition coefficient (Wildman–Crippen LogP) is 4.06. The van der Waals surface area contributed by atoms with Crippen LogP contribution in [-0.4, -0.2) is 34.9 Å². The number of hydrogen-bond donors (Lipinski definition) is 1. The third-order valence-corrected chi connectivity index (χ3v) is 5.14. The minimum Gasteiger partial charge on any atom is -0.497 e. The zero-order valence-corrected chi connectivity index (χ0v) is 14.8. The van der Waals surface area contributed by atoms with Crippen molar-refractivity contribution in [2.45, 2.75) is 6.54 Å². The number of methoxy groups -OCH3 is 1. The Labute approximate surface area is 148 Å². The number of para-hydroxylation sites is 1. The van der Waals surface area contributed by atoms with Gasteiger partial charge in [0.2, 0.25) is 0 Å². The van der Waals surface area contributed by atoms with E-state index in [0.29, 0.717) is 12.2 Å². The molecule has 0 aliphatic rings. The van der Waals surface area contributed by atoms with E-state index in [2.05, 4.69) is 9.97 Å². The summed E-state index contributed by atoms with van der Waals surface area (Å²) in [5.41, 5.74) is 2.42. The molecule has 0 fully saturated rings. The number of fused-ring (bicyclic) bond motifs is 2. The first-order valence-electron chi connectivity index (χ1n) is 7.91. The van der Waals surface area contributed by atoms with Gasteiger partial charge in [0, 0.05) is 24.0 Å². The number of carbonyl (C=O) groups is 1. The van der Waals surface area contributed by atoms with Crippen molar-refractivity contribution in [2.24, 2.45) is 0 Å². The Balaban J connectivity index is 1.57. The molecule has 25 heavy (non-hydrogen) atoms. The second-order valence-corrected chi connectivity index (χ2v) is 6.99. The van der Waals surface area contributed by atoms with Gasteiger partial charge in [-0.25, -0.2) is 4.98 Å². The van der Waals surface area contributed by atoms with Crippen LogP contribution in [0.4, 0.5) is 0 Å². The number of thiazole rings is 1. The first kappa shape index (κ1) is 15.7. The topological polar surface area (TPSA) is 58.2 Å². The third-order valence-electron chi connectivity index (χ3n) is 4.12. The summed E-state index contributed by atoms with van der Waals surface area (Å²) in [7, 11) is 3.42. The van der Waals surface area contributed by atoms with Gasteiger partial charge in [-0.05, 0) is 30.3 Å². The average molecular weight is 351 g/mol. The van der Waals surface area contributed by atoms with Crippen LogP contribution in [0.3, 0.4) is 0 Å². The van der Waals surface area contributed by atoms with E-state index in [0.717, 1.165) is 31.9 Å². The maximum absolute atomic E-state index is 12.7. The molecule has 0 radical (unpaired) electrons. The molecular weight excluding hydrogens is 334 g/mol. The summed E-state index contributed by atoms with van der Waals surface area (Å²) in [5.74, 6) is 0.700. The molecule has 4 rings (SSSR count). The summed E-state index contributed by atoms with van der Waals surface area (Å²) in [6, 6.07) is 15.6. The Bertz CT molecular complexity index is 1030. The molecule has 6 heteroatoms. The fourth-order valence-electron chi connectivity index (χ4n) is 2.82. The van der Waals surface area contributed by atoms with Gasteiger partial charge in [-0.3, -0.25) is 4.79 Å². The number of nitrogens with zero attached hydrogens (tertiary/aromatic N) is 2. The zero-order valence-electron chi connectivity index (χ0n) is 13.9. The molecule has 0 atom stereocenters. The number of benzene rings is 2. The van der Waals surface area contributed by atoms with Crippen LogP contribution in [0.15, 0.2) is 48.5 Å². The summed E-state index contributed by atoms with van der Waals surface area (Å²) in [6.45, 7) is 0.483. The van der Waals surface area contributed by atoms with E-state index in [4.69, 9.17) is 4.74 Å². The number of aromatic amines is 1. The third kappa shape index (κ3) is 2.96. The van der Waals surface area contributed by atoms with Gasteiger partial charge in [0.05, 0.1) is 23.9 Å². The molecular formula is C19H17N3O2S. The van der Waals surface area contributed by atoms with E-state index in [-0.39, 0.29) is 5.91 Å². The van der Waals surface area contributed by atoms with E-state index < -0.39 is 0 Å². The monoisotopic (exact) mass is 351 g/mol. The summed E-state index contributed by atoms with van der Waals surface area (Å²) in [4.78, 5) is 22.2. The Morgan fingerprint density at radius 2 is 2.08 bits per heavy atom. The predicted molar refractivity (Wildman–Crippen MR) is 100 cm³/mol. The number of H-pyrrole nitrogens is 1. The molecule has 0 bridgehead atoms. The summed E-state index contributed by atoms with van der Waals surface area (Å²) in [5, 5.41) is 1.91. The normalized spacial score (nSPS) is 11.1. The lowest BCUT2D eigenvalue weighted by Gasteiger charge is -2.14. The maximum atomic E-state index is 12.7. The number of amides is 1. The zero-order chi connectivity index (χ0) is 17.4. The molecule has 2 aromatic carbocycles. The highest BCUT2D eigenvalue weighted by atomic mass is 32.1. The number of hydrogen-bond acceptors (Lipinski definition) is 4. The smallest absolute Gasteiger partial charge is 0.270 e. The molecule has 1 N–H and O–H groups in total. The van der Waals surface area contributed by atoms with Gasteiger partial charge in [-0.2, -0.15) is 0 Å². The number of aromatic nitrogens is 2. The fraction of sp³-hybridized carbons (Fsp3) is 0.158. The van der Waals surface area contributed by atoms with Crippen LogP contribution in [0.1, 0.15) is 15.5 Å². The molecule has 0 unspecified atom stereocenters. The SMILES string of the molecule is COc1ccc2cc(C(=O)N(C)Cc3nc4ccccc4s3)[nH]c2c1. The van der Waals surface area contributed by atoms with Gasteiger partial charge < -0.3 is 14.6 Å². The lowest BCUT2D eigenvalue weighted by Crippen LogP contribution is -2.26. The summed E-state index contributed by atoms with van der Waals surface area (Å²) >= 11 is 1.62. The standard InChI is InChI=1S/C19H17N3O2S/c1-22(11-18-21-14-5-3-4-6-17(14)25-18)19(23)16-9-12-7-8-13(24-2)10-15(12)20-16/h3-10,20H,11H2,1-2H3. The first-order valence-corrected chi connectivity index (χ1v) is 8.72. The second kappa shape index (κ2) is 6.22. The van der Waals surface area contributed by atoms with Gasteiger partial charge >= 0.3 is 0 Å². The van der Waals surface area contributed by atoms with Gasteiger partial charge in [0.1, 0.15) is 16.5 Å². The molecule has 1 amide bonds. The number of ether oxygens (including phenoxy) is 1. The minimum absolute atomic E-state index is 0.0607. The minimum atomic E-state index is -0.0607. The molecule has 0 spiro atoms. The van der Waals surface area contributed by atoms with Crippen molar-refractivity contribution >= 4 is 38.4 Å². The Kier molecular flexibility index (Phi) is 3.89. The van der Waals surface area contributed by atoms with E-state index >= 15 is 0 Å². The Morgan fingerprint density at radius 3 is 2.88 bits per heavy atom. The molecule has 0 saturated heterocycles. The molecule has 5 nitrogen and oxygen atoms in total. The van der Waals surface area contributed by atoms with Crippen molar-refractivity contribution in [3.05, 3.63) is 59.2 Å². The van der Waals surface area contributed by atoms with Crippen molar-refractivity contribution in [3.8, 4) is 5.75 Å². The molecule has 0 saturated carbocycles. The van der Waals surface area contributed by atoms with Crippen molar-refractivity contribution in [1.29, 1.82) is 0 Å². The van der Waals surface area contributed by atoms with E-state index in [9.17, 15) is 4.79 Å². The maximum Gasteiger partial charge on any atom is 0.270 e. The van der Waals surface area contributed by atoms with Gasteiger partial charge in [-0.15, -0.1) is 11.3 Å². The first-order chi connectivity index (χ1) is 12.1. The fourth-order valence-corrected chi connectivity index (χ4v) is 3.84. The molecule has 126 valence electrons. The summed E-state index contributed by atoms with van der Waals surface area (Å²) in [6.07, 6.45) is 0. The van der Waals surface area contributed by atoms with Crippen molar-refractivity contribution in [2.75, 3.05) is 14.2 Å². The highest BCUT2D eigenvalue weighted by molar-refractivity contribution is 7.18. The van der Waals surface area contributed by atoms with Crippen molar-refractivity contribution in [3.63, 3.8) is 0 Å². The summed E-state index contributed by atoms with van der Waals surface area (Å²) < 4.78 is 6.36. The van der Waals surface area contributed by atoms with Crippen LogP contribution in [-0.2, 0) is 6.54 Å². The van der Waals surface area contributed by atoms with Crippen molar-refractivity contribution < 1.29 is 9.53 Å². The van der Waals surface area contributed by atoms with Crippen LogP contribution >= 0.6 is 11.3 Å². The number of carbonyl (C=O) groups excluding carboxylic acids is 1. The molecule has 2 heterocycles. The van der Waals surface area contributed by atoms with Gasteiger partial charge in [-0.1, -0.05) is 12.1 Å². The lowest BCUT2D eigenvalue weighted by molar-refractivity contribution is 0.0780. The van der Waals surface area contributed by atoms with Gasteiger partial charge in [0.25, 0.3) is 5.91 Å². The number of rotatable bonds is 4. The molecule has 4 aromatic rings. The number of nitrogens with one attached hydrogen (secondary N) is 1. The molecule has 2 aromatic heterocycles. The quantitative estimate of drug-likeness (QED) is 0.603. The lowest BCUT2D eigenvalue weighted by atomic mass is 10.2. The Morgan fingerprint density at radius 1 is 1.24 bits per heavy atom. The van der Waals surface area contributed by atoms with Crippen molar-refractivity contribution in [1.82, 2.24) is 14.9 Å². The van der Waals surface area contributed by atoms with Crippen LogP contribution in [0.5, 0.6) is 5.75 Å². The highest BCUT2D eigenvalue weighted by Crippen LogP contribution is 2.24. The van der Waals surface area contributed by atoms with E-state index in [1.54, 1.807) is 30.4 Å². The second-order valence-electron chi connectivity index (χ2n) is 5.87. The van der Waals surface area contributed by atoms with Crippen LogP contribution in [0.2, 0.25) is 0 Å². The molecule has 0 aliphatic heterocycles. The van der Waals surface area contributed by atoms with Gasteiger partial charge in [0.15, 0.2) is 0 Å². The molecule has 0 aliphatic carbocycles. The van der Waals surface area contributed by atoms with Crippen LogP contribution in [0.25, 0.3) is 21.1 Å². The van der Waals surface area contributed by atoms with Crippen LogP contribution in [0, 0.1) is 0 Å². The average Bonchev–Trinajstić information content (AvgIpc) is 3.23. The van der Waals surface area contributed by atoms with Crippen LogP contribution < -0.4 is 4.74 Å². The van der Waals surface area contributed by atoms with E-state index in [1.165, 1.54) is 0 Å². The largest absolute Gasteiger partial charge is 0.497 e. The highest BCUT2D eigenvalue weighted by Gasteiger charge is 2.16.